The Hall–Kier alpha value is -3.55. The predicted octanol–water partition coefficient (Wildman–Crippen LogP) is 0.957. The Morgan fingerprint density at radius 3 is 1.61 bits per heavy atom. The fourth-order valence-corrected chi connectivity index (χ4v) is 2.66. The SMILES string of the molecule is CC(=O)N[C@@H](Cc1ccc(O)cc1)C(=O)N[C@H](Cc1ccc(O)cc1)C(=O)O. The first-order valence-corrected chi connectivity index (χ1v) is 8.60. The first-order valence-electron chi connectivity index (χ1n) is 8.60. The number of hydrogen-bond acceptors (Lipinski definition) is 5. The minimum absolute atomic E-state index is 0.0212. The highest BCUT2D eigenvalue weighted by atomic mass is 16.4. The number of carbonyl (C=O) groups excluding carboxylic acids is 2. The molecule has 2 aromatic rings. The van der Waals surface area contributed by atoms with Gasteiger partial charge in [0.2, 0.25) is 11.8 Å². The van der Waals surface area contributed by atoms with Crippen LogP contribution in [0, 0.1) is 0 Å². The highest BCUT2D eigenvalue weighted by Crippen LogP contribution is 2.13. The molecule has 0 unspecified atom stereocenters. The summed E-state index contributed by atoms with van der Waals surface area (Å²) in [4.78, 5) is 35.7. The third kappa shape index (κ3) is 6.31. The third-order valence-corrected chi connectivity index (χ3v) is 4.06. The van der Waals surface area contributed by atoms with Crippen LogP contribution in [0.5, 0.6) is 11.5 Å². The van der Waals surface area contributed by atoms with Gasteiger partial charge in [0.25, 0.3) is 0 Å². The van der Waals surface area contributed by atoms with Gasteiger partial charge in [0, 0.05) is 19.8 Å². The minimum Gasteiger partial charge on any atom is -0.508 e. The number of carboxylic acid groups (broad SMARTS) is 1. The van der Waals surface area contributed by atoms with Crippen LogP contribution in [0.1, 0.15) is 18.1 Å². The van der Waals surface area contributed by atoms with Gasteiger partial charge in [0.05, 0.1) is 0 Å². The van der Waals surface area contributed by atoms with Crippen molar-refractivity contribution >= 4 is 17.8 Å². The molecule has 0 fully saturated rings. The molecule has 0 spiro atoms. The number of aliphatic carboxylic acids is 1. The molecule has 148 valence electrons. The molecule has 8 nitrogen and oxygen atoms in total. The van der Waals surface area contributed by atoms with Crippen LogP contribution < -0.4 is 10.6 Å². The lowest BCUT2D eigenvalue weighted by Crippen LogP contribution is -2.52. The predicted molar refractivity (Wildman–Crippen MR) is 101 cm³/mol. The number of hydrogen-bond donors (Lipinski definition) is 5. The first kappa shape index (κ1) is 20.8. The average molecular weight is 386 g/mol. The van der Waals surface area contributed by atoms with Crippen molar-refractivity contribution in [1.82, 2.24) is 10.6 Å². The normalized spacial score (nSPS) is 12.6. The van der Waals surface area contributed by atoms with Crippen LogP contribution in [0.4, 0.5) is 0 Å². The summed E-state index contributed by atoms with van der Waals surface area (Å²) in [5.74, 6) is -2.14. The summed E-state index contributed by atoms with van der Waals surface area (Å²) in [7, 11) is 0. The molecule has 2 atom stereocenters. The van der Waals surface area contributed by atoms with Crippen LogP contribution in [0.3, 0.4) is 0 Å². The maximum Gasteiger partial charge on any atom is 0.326 e. The number of rotatable bonds is 8. The number of benzene rings is 2. The van der Waals surface area contributed by atoms with Gasteiger partial charge in [-0.25, -0.2) is 4.79 Å². The molecule has 8 heteroatoms. The summed E-state index contributed by atoms with van der Waals surface area (Å²) >= 11 is 0. The van der Waals surface area contributed by atoms with Gasteiger partial charge in [-0.15, -0.1) is 0 Å². The number of nitrogens with one attached hydrogen (secondary N) is 2. The molecule has 0 bridgehead atoms. The van der Waals surface area contributed by atoms with Crippen molar-refractivity contribution in [2.75, 3.05) is 0 Å². The van der Waals surface area contributed by atoms with Crippen LogP contribution in [-0.2, 0) is 27.2 Å². The zero-order valence-electron chi connectivity index (χ0n) is 15.3. The quantitative estimate of drug-likeness (QED) is 0.458. The molecular weight excluding hydrogens is 364 g/mol. The Labute approximate surface area is 161 Å². The second-order valence-corrected chi connectivity index (χ2v) is 6.39. The van der Waals surface area contributed by atoms with Gasteiger partial charge in [-0.1, -0.05) is 24.3 Å². The van der Waals surface area contributed by atoms with E-state index in [-0.39, 0.29) is 24.3 Å². The Morgan fingerprint density at radius 2 is 1.21 bits per heavy atom. The number of phenolic OH excluding ortho intramolecular Hbond substituents is 2. The Bertz CT molecular complexity index is 833. The van der Waals surface area contributed by atoms with Crippen LogP contribution in [0.15, 0.2) is 48.5 Å². The zero-order chi connectivity index (χ0) is 20.7. The zero-order valence-corrected chi connectivity index (χ0v) is 15.3. The van der Waals surface area contributed by atoms with E-state index in [1.54, 1.807) is 24.3 Å². The standard InChI is InChI=1S/C20H22N2O6/c1-12(23)21-17(10-13-2-6-15(24)7-3-13)19(26)22-18(20(27)28)11-14-4-8-16(25)9-5-14/h2-9,17-18,24-25H,10-11H2,1H3,(H,21,23)(H,22,26)(H,27,28)/t17-,18+/m0/s1. The van der Waals surface area contributed by atoms with Crippen LogP contribution >= 0.6 is 0 Å². The second kappa shape index (κ2) is 9.40. The molecule has 2 aromatic carbocycles. The topological polar surface area (TPSA) is 136 Å². The highest BCUT2D eigenvalue weighted by molar-refractivity contribution is 5.90. The number of carbonyl (C=O) groups is 3. The molecule has 28 heavy (non-hydrogen) atoms. The van der Waals surface area contributed by atoms with Gasteiger partial charge in [-0.2, -0.15) is 0 Å². The fraction of sp³-hybridized carbons (Fsp3) is 0.250. The van der Waals surface area contributed by atoms with E-state index in [1.807, 2.05) is 0 Å². The number of phenols is 2. The molecule has 0 saturated carbocycles. The molecule has 2 amide bonds. The molecule has 0 radical (unpaired) electrons. The lowest BCUT2D eigenvalue weighted by molar-refractivity contribution is -0.142. The van der Waals surface area contributed by atoms with E-state index < -0.39 is 29.9 Å². The number of aromatic hydroxyl groups is 2. The molecule has 0 heterocycles. The van der Waals surface area contributed by atoms with E-state index in [0.29, 0.717) is 11.1 Å². The number of carboxylic acids is 1. The maximum absolute atomic E-state index is 12.6. The van der Waals surface area contributed by atoms with E-state index in [2.05, 4.69) is 10.6 Å². The van der Waals surface area contributed by atoms with E-state index in [1.165, 1.54) is 31.2 Å². The summed E-state index contributed by atoms with van der Waals surface area (Å²) in [6.45, 7) is 1.27. The van der Waals surface area contributed by atoms with Crippen molar-refractivity contribution in [3.05, 3.63) is 59.7 Å². The van der Waals surface area contributed by atoms with E-state index in [9.17, 15) is 29.7 Å². The van der Waals surface area contributed by atoms with E-state index in [4.69, 9.17) is 0 Å². The first-order chi connectivity index (χ1) is 13.2. The fourth-order valence-electron chi connectivity index (χ4n) is 2.66. The largest absolute Gasteiger partial charge is 0.508 e. The molecule has 0 aliphatic carbocycles. The van der Waals surface area contributed by atoms with Crippen molar-refractivity contribution < 1.29 is 29.7 Å². The Morgan fingerprint density at radius 1 is 0.786 bits per heavy atom. The Balaban J connectivity index is 2.11. The van der Waals surface area contributed by atoms with Crippen LogP contribution in [0.2, 0.25) is 0 Å². The van der Waals surface area contributed by atoms with Crippen molar-refractivity contribution in [3.63, 3.8) is 0 Å². The molecular formula is C20H22N2O6. The molecule has 0 aromatic heterocycles. The van der Waals surface area contributed by atoms with Crippen molar-refractivity contribution in [2.24, 2.45) is 0 Å². The van der Waals surface area contributed by atoms with Crippen LogP contribution in [-0.4, -0.2) is 45.2 Å². The van der Waals surface area contributed by atoms with Gasteiger partial charge in [-0.05, 0) is 35.4 Å². The highest BCUT2D eigenvalue weighted by Gasteiger charge is 2.26. The minimum atomic E-state index is -1.22. The molecule has 0 aliphatic heterocycles. The molecule has 0 aliphatic rings. The lowest BCUT2D eigenvalue weighted by atomic mass is 10.0. The van der Waals surface area contributed by atoms with Gasteiger partial charge >= 0.3 is 5.97 Å². The van der Waals surface area contributed by atoms with Crippen molar-refractivity contribution in [1.29, 1.82) is 0 Å². The molecule has 5 N–H and O–H groups in total. The summed E-state index contributed by atoms with van der Waals surface area (Å²) in [6.07, 6.45) is 0.157. The number of amides is 2. The molecule has 2 rings (SSSR count). The van der Waals surface area contributed by atoms with Crippen molar-refractivity contribution in [3.8, 4) is 11.5 Å². The van der Waals surface area contributed by atoms with Crippen LogP contribution in [0.25, 0.3) is 0 Å². The second-order valence-electron chi connectivity index (χ2n) is 6.39. The monoisotopic (exact) mass is 386 g/mol. The Kier molecular flexibility index (Phi) is 6.97. The smallest absolute Gasteiger partial charge is 0.326 e. The van der Waals surface area contributed by atoms with Gasteiger partial charge in [0.1, 0.15) is 23.6 Å². The summed E-state index contributed by atoms with van der Waals surface area (Å²) in [5, 5.41) is 33.1. The van der Waals surface area contributed by atoms with E-state index >= 15 is 0 Å². The average Bonchev–Trinajstić information content (AvgIpc) is 2.63. The lowest BCUT2D eigenvalue weighted by Gasteiger charge is -2.21. The third-order valence-electron chi connectivity index (χ3n) is 4.06. The van der Waals surface area contributed by atoms with Gasteiger partial charge in [0.15, 0.2) is 0 Å². The maximum atomic E-state index is 12.6. The van der Waals surface area contributed by atoms with Gasteiger partial charge < -0.3 is 26.0 Å². The summed E-state index contributed by atoms with van der Waals surface area (Å²) < 4.78 is 0. The summed E-state index contributed by atoms with van der Waals surface area (Å²) in [5.41, 5.74) is 1.32. The summed E-state index contributed by atoms with van der Waals surface area (Å²) in [6, 6.07) is 9.98. The van der Waals surface area contributed by atoms with Gasteiger partial charge in [-0.3, -0.25) is 9.59 Å². The van der Waals surface area contributed by atoms with Crippen molar-refractivity contribution in [2.45, 2.75) is 31.8 Å². The van der Waals surface area contributed by atoms with E-state index in [0.717, 1.165) is 0 Å². The molecule has 0 saturated heterocycles.